The Morgan fingerprint density at radius 2 is 1.90 bits per heavy atom. The molecule has 106 valence electrons. The molecular weight excluding hydrogens is 252 g/mol. The van der Waals surface area contributed by atoms with Crippen LogP contribution in [0.1, 0.15) is 22.7 Å². The SMILES string of the molecule is CNC(c1cncc(OC)c1)c1ccc(C)cc1OC. The smallest absolute Gasteiger partial charge is 0.137 e. The Kier molecular flexibility index (Phi) is 4.58. The van der Waals surface area contributed by atoms with Crippen molar-refractivity contribution in [1.29, 1.82) is 0 Å². The topological polar surface area (TPSA) is 43.4 Å². The number of methoxy groups -OCH3 is 2. The molecule has 0 saturated carbocycles. The lowest BCUT2D eigenvalue weighted by atomic mass is 9.98. The molecule has 20 heavy (non-hydrogen) atoms. The summed E-state index contributed by atoms with van der Waals surface area (Å²) in [5.41, 5.74) is 3.29. The Balaban J connectivity index is 2.46. The normalized spacial score (nSPS) is 12.0. The zero-order chi connectivity index (χ0) is 14.5. The maximum atomic E-state index is 5.50. The highest BCUT2D eigenvalue weighted by Gasteiger charge is 2.17. The summed E-state index contributed by atoms with van der Waals surface area (Å²) in [6, 6.07) is 8.18. The number of nitrogens with one attached hydrogen (secondary N) is 1. The third kappa shape index (κ3) is 2.91. The lowest BCUT2D eigenvalue weighted by Crippen LogP contribution is -2.18. The quantitative estimate of drug-likeness (QED) is 0.909. The maximum absolute atomic E-state index is 5.50. The first kappa shape index (κ1) is 14.3. The van der Waals surface area contributed by atoms with Crippen LogP contribution in [0.2, 0.25) is 0 Å². The summed E-state index contributed by atoms with van der Waals surface area (Å²) in [4.78, 5) is 4.22. The molecule has 1 aromatic heterocycles. The van der Waals surface area contributed by atoms with Gasteiger partial charge in [0.05, 0.1) is 26.5 Å². The summed E-state index contributed by atoms with van der Waals surface area (Å²) in [6.45, 7) is 2.05. The van der Waals surface area contributed by atoms with Gasteiger partial charge in [-0.05, 0) is 37.2 Å². The van der Waals surface area contributed by atoms with Crippen LogP contribution in [0.15, 0.2) is 36.7 Å². The fourth-order valence-electron chi connectivity index (χ4n) is 2.26. The van der Waals surface area contributed by atoms with Crippen LogP contribution in [-0.2, 0) is 0 Å². The predicted molar refractivity (Wildman–Crippen MR) is 79.4 cm³/mol. The van der Waals surface area contributed by atoms with Crippen molar-refractivity contribution in [1.82, 2.24) is 10.3 Å². The van der Waals surface area contributed by atoms with Gasteiger partial charge in [-0.1, -0.05) is 12.1 Å². The molecule has 2 aromatic rings. The molecular formula is C16H20N2O2. The molecule has 1 N–H and O–H groups in total. The number of aromatic nitrogens is 1. The van der Waals surface area contributed by atoms with Gasteiger partial charge in [-0.2, -0.15) is 0 Å². The highest BCUT2D eigenvalue weighted by Crippen LogP contribution is 2.31. The Bertz CT molecular complexity index is 584. The van der Waals surface area contributed by atoms with Crippen LogP contribution < -0.4 is 14.8 Å². The lowest BCUT2D eigenvalue weighted by molar-refractivity contribution is 0.403. The summed E-state index contributed by atoms with van der Waals surface area (Å²) < 4.78 is 10.7. The first-order chi connectivity index (χ1) is 9.69. The average Bonchev–Trinajstić information content (AvgIpc) is 2.49. The number of hydrogen-bond acceptors (Lipinski definition) is 4. The minimum atomic E-state index is 0.00755. The second-order valence-electron chi connectivity index (χ2n) is 4.63. The number of nitrogens with zero attached hydrogens (tertiary/aromatic N) is 1. The van der Waals surface area contributed by atoms with Crippen molar-refractivity contribution in [3.8, 4) is 11.5 Å². The molecule has 0 amide bonds. The second kappa shape index (κ2) is 6.39. The number of aryl methyl sites for hydroxylation is 1. The first-order valence-corrected chi connectivity index (χ1v) is 6.50. The summed E-state index contributed by atoms with van der Waals surface area (Å²) in [7, 11) is 5.25. The van der Waals surface area contributed by atoms with Crippen molar-refractivity contribution in [3.63, 3.8) is 0 Å². The van der Waals surface area contributed by atoms with Crippen LogP contribution in [-0.4, -0.2) is 26.3 Å². The van der Waals surface area contributed by atoms with Gasteiger partial charge in [0.1, 0.15) is 11.5 Å². The van der Waals surface area contributed by atoms with E-state index in [-0.39, 0.29) is 6.04 Å². The lowest BCUT2D eigenvalue weighted by Gasteiger charge is -2.20. The summed E-state index contributed by atoms with van der Waals surface area (Å²) in [5, 5.41) is 3.30. The van der Waals surface area contributed by atoms with Crippen molar-refractivity contribution >= 4 is 0 Å². The molecule has 1 heterocycles. The van der Waals surface area contributed by atoms with Crippen molar-refractivity contribution in [3.05, 3.63) is 53.3 Å². The van der Waals surface area contributed by atoms with E-state index >= 15 is 0 Å². The van der Waals surface area contributed by atoms with E-state index in [9.17, 15) is 0 Å². The number of benzene rings is 1. The molecule has 0 saturated heterocycles. The van der Waals surface area contributed by atoms with E-state index in [4.69, 9.17) is 9.47 Å². The Morgan fingerprint density at radius 3 is 2.55 bits per heavy atom. The third-order valence-corrected chi connectivity index (χ3v) is 3.29. The van der Waals surface area contributed by atoms with E-state index in [0.29, 0.717) is 0 Å². The van der Waals surface area contributed by atoms with Gasteiger partial charge in [0, 0.05) is 11.8 Å². The molecule has 1 atom stereocenters. The van der Waals surface area contributed by atoms with E-state index in [2.05, 4.69) is 22.4 Å². The fraction of sp³-hybridized carbons (Fsp3) is 0.312. The number of hydrogen-bond donors (Lipinski definition) is 1. The molecule has 4 nitrogen and oxygen atoms in total. The van der Waals surface area contributed by atoms with Crippen molar-refractivity contribution in [2.75, 3.05) is 21.3 Å². The molecule has 0 fully saturated rings. The zero-order valence-electron chi connectivity index (χ0n) is 12.3. The second-order valence-corrected chi connectivity index (χ2v) is 4.63. The average molecular weight is 272 g/mol. The van der Waals surface area contributed by atoms with Gasteiger partial charge in [-0.25, -0.2) is 0 Å². The maximum Gasteiger partial charge on any atom is 0.137 e. The Labute approximate surface area is 119 Å². The first-order valence-electron chi connectivity index (χ1n) is 6.50. The fourth-order valence-corrected chi connectivity index (χ4v) is 2.26. The van der Waals surface area contributed by atoms with E-state index < -0.39 is 0 Å². The van der Waals surface area contributed by atoms with Crippen LogP contribution in [0.4, 0.5) is 0 Å². The summed E-state index contributed by atoms with van der Waals surface area (Å²) in [5.74, 6) is 1.61. The zero-order valence-corrected chi connectivity index (χ0v) is 12.3. The van der Waals surface area contributed by atoms with E-state index in [1.165, 1.54) is 5.56 Å². The minimum Gasteiger partial charge on any atom is -0.496 e. The van der Waals surface area contributed by atoms with Gasteiger partial charge in [0.2, 0.25) is 0 Å². The van der Waals surface area contributed by atoms with Gasteiger partial charge >= 0.3 is 0 Å². The highest BCUT2D eigenvalue weighted by atomic mass is 16.5. The van der Waals surface area contributed by atoms with Gasteiger partial charge in [-0.3, -0.25) is 4.98 Å². The molecule has 0 bridgehead atoms. The highest BCUT2D eigenvalue weighted by molar-refractivity contribution is 5.44. The molecule has 0 radical (unpaired) electrons. The Hall–Kier alpha value is -2.07. The number of ether oxygens (including phenoxy) is 2. The summed E-state index contributed by atoms with van der Waals surface area (Å²) >= 11 is 0. The monoisotopic (exact) mass is 272 g/mol. The summed E-state index contributed by atoms with van der Waals surface area (Å²) in [6.07, 6.45) is 3.53. The van der Waals surface area contributed by atoms with E-state index in [0.717, 1.165) is 22.6 Å². The molecule has 0 aliphatic carbocycles. The molecule has 1 aromatic carbocycles. The molecule has 4 heteroatoms. The van der Waals surface area contributed by atoms with Crippen molar-refractivity contribution < 1.29 is 9.47 Å². The Morgan fingerprint density at radius 1 is 1.10 bits per heavy atom. The van der Waals surface area contributed by atoms with Gasteiger partial charge in [-0.15, -0.1) is 0 Å². The van der Waals surface area contributed by atoms with Gasteiger partial charge in [0.15, 0.2) is 0 Å². The molecule has 0 spiro atoms. The minimum absolute atomic E-state index is 0.00755. The van der Waals surface area contributed by atoms with Gasteiger partial charge < -0.3 is 14.8 Å². The van der Waals surface area contributed by atoms with Crippen LogP contribution in [0.5, 0.6) is 11.5 Å². The number of rotatable bonds is 5. The largest absolute Gasteiger partial charge is 0.496 e. The standard InChI is InChI=1S/C16H20N2O2/c1-11-5-6-14(15(7-11)20-4)16(17-2)12-8-13(19-3)10-18-9-12/h5-10,16-17H,1-4H3. The molecule has 0 aliphatic rings. The third-order valence-electron chi connectivity index (χ3n) is 3.29. The van der Waals surface area contributed by atoms with Crippen LogP contribution in [0.3, 0.4) is 0 Å². The molecule has 1 unspecified atom stereocenters. The van der Waals surface area contributed by atoms with E-state index in [1.54, 1.807) is 20.4 Å². The predicted octanol–water partition coefficient (Wildman–Crippen LogP) is 2.72. The van der Waals surface area contributed by atoms with Crippen LogP contribution >= 0.6 is 0 Å². The van der Waals surface area contributed by atoms with Crippen LogP contribution in [0.25, 0.3) is 0 Å². The van der Waals surface area contributed by atoms with Crippen LogP contribution in [0, 0.1) is 6.92 Å². The molecule has 0 aliphatic heterocycles. The van der Waals surface area contributed by atoms with Crippen molar-refractivity contribution in [2.24, 2.45) is 0 Å². The van der Waals surface area contributed by atoms with Crippen molar-refractivity contribution in [2.45, 2.75) is 13.0 Å². The van der Waals surface area contributed by atoms with E-state index in [1.807, 2.05) is 32.3 Å². The molecule has 2 rings (SSSR count). The van der Waals surface area contributed by atoms with Gasteiger partial charge in [0.25, 0.3) is 0 Å². The number of pyridine rings is 1.